The molecule has 28 heavy (non-hydrogen) atoms. The average Bonchev–Trinajstić information content (AvgIpc) is 3.26. The average molecular weight is 457 g/mol. The molecule has 2 aromatic rings. The number of halogens is 4. The lowest BCUT2D eigenvalue weighted by molar-refractivity contribution is -0.312. The van der Waals surface area contributed by atoms with Crippen molar-refractivity contribution in [2.75, 3.05) is 0 Å². The summed E-state index contributed by atoms with van der Waals surface area (Å²) in [4.78, 5) is 12.8. The second-order valence-electron chi connectivity index (χ2n) is 6.90. The van der Waals surface area contributed by atoms with Crippen molar-refractivity contribution in [3.8, 4) is 11.3 Å². The molecule has 4 rings (SSSR count). The third-order valence-electron chi connectivity index (χ3n) is 5.17. The zero-order valence-corrected chi connectivity index (χ0v) is 16.1. The lowest BCUT2D eigenvalue weighted by atomic mass is 9.80. The number of carbonyl (C=O) groups is 1. The first-order valence-corrected chi connectivity index (χ1v) is 9.53. The van der Waals surface area contributed by atoms with Gasteiger partial charge >= 0.3 is 6.18 Å². The molecule has 0 radical (unpaired) electrons. The summed E-state index contributed by atoms with van der Waals surface area (Å²) in [6.07, 6.45) is -3.35. The Hall–Kier alpha value is -2.20. The van der Waals surface area contributed by atoms with Gasteiger partial charge in [0.1, 0.15) is 5.69 Å². The highest BCUT2D eigenvalue weighted by molar-refractivity contribution is 9.10. The first-order valence-electron chi connectivity index (χ1n) is 8.74. The number of aromatic nitrogens is 2. The number of amides is 1. The van der Waals surface area contributed by atoms with Gasteiger partial charge in [-0.05, 0) is 37.5 Å². The van der Waals surface area contributed by atoms with Gasteiger partial charge in [-0.25, -0.2) is 0 Å². The van der Waals surface area contributed by atoms with Crippen molar-refractivity contribution in [2.24, 2.45) is 11.0 Å². The zero-order chi connectivity index (χ0) is 20.1. The van der Waals surface area contributed by atoms with Crippen LogP contribution in [0.2, 0.25) is 0 Å². The second kappa shape index (κ2) is 6.70. The number of hydrogen-bond acceptors (Lipinski definition) is 4. The molecule has 2 N–H and O–H groups in total. The predicted molar refractivity (Wildman–Crippen MR) is 98.3 cm³/mol. The predicted octanol–water partition coefficient (Wildman–Crippen LogP) is 4.09. The Morgan fingerprint density at radius 3 is 2.68 bits per heavy atom. The lowest BCUT2D eigenvalue weighted by Crippen LogP contribution is -2.61. The maximum Gasteiger partial charge on any atom is 0.439 e. The van der Waals surface area contributed by atoms with Crippen molar-refractivity contribution < 1.29 is 23.1 Å². The van der Waals surface area contributed by atoms with E-state index in [-0.39, 0.29) is 22.8 Å². The fourth-order valence-electron chi connectivity index (χ4n) is 3.73. The van der Waals surface area contributed by atoms with Crippen LogP contribution in [0.25, 0.3) is 11.3 Å². The molecule has 2 atom stereocenters. The zero-order valence-electron chi connectivity index (χ0n) is 14.5. The Bertz CT molecular complexity index is 941. The number of benzene rings is 1. The van der Waals surface area contributed by atoms with Crippen molar-refractivity contribution >= 4 is 27.5 Å². The van der Waals surface area contributed by atoms with Crippen molar-refractivity contribution in [2.45, 2.75) is 37.6 Å². The fourth-order valence-corrected chi connectivity index (χ4v) is 4.00. The molecule has 0 saturated heterocycles. The van der Waals surface area contributed by atoms with Crippen LogP contribution in [0.5, 0.6) is 0 Å². The number of hydrogen-bond donors (Lipinski definition) is 2. The minimum atomic E-state index is -5.04. The number of nitrogens with zero attached hydrogens (tertiary/aromatic N) is 3. The summed E-state index contributed by atoms with van der Waals surface area (Å²) in [5.41, 5.74) is -2.22. The molecule has 6 nitrogen and oxygen atoms in total. The molecule has 1 aliphatic heterocycles. The summed E-state index contributed by atoms with van der Waals surface area (Å²) in [6.45, 7) is 0. The molecule has 1 amide bonds. The summed E-state index contributed by atoms with van der Waals surface area (Å²) >= 11 is 3.31. The molecule has 10 heteroatoms. The smallest absolute Gasteiger partial charge is 0.362 e. The van der Waals surface area contributed by atoms with E-state index in [1.165, 1.54) is 6.07 Å². The van der Waals surface area contributed by atoms with Crippen LogP contribution < -0.4 is 0 Å². The van der Waals surface area contributed by atoms with Crippen LogP contribution in [0.1, 0.15) is 36.2 Å². The van der Waals surface area contributed by atoms with Gasteiger partial charge in [0.25, 0.3) is 11.6 Å². The van der Waals surface area contributed by atoms with E-state index in [2.05, 4.69) is 31.2 Å². The van der Waals surface area contributed by atoms with Crippen LogP contribution >= 0.6 is 15.9 Å². The van der Waals surface area contributed by atoms with Crippen LogP contribution in [0.15, 0.2) is 39.9 Å². The molecule has 2 heterocycles. The number of fused-ring (bicyclic) bond motifs is 1. The summed E-state index contributed by atoms with van der Waals surface area (Å²) in [5.74, 6) is -2.31. The Kier molecular flexibility index (Phi) is 4.58. The highest BCUT2D eigenvalue weighted by atomic mass is 79.9. The van der Waals surface area contributed by atoms with E-state index >= 15 is 0 Å². The van der Waals surface area contributed by atoms with Crippen LogP contribution in [-0.4, -0.2) is 43.8 Å². The topological polar surface area (TPSA) is 81.6 Å². The molecule has 1 aliphatic carbocycles. The largest absolute Gasteiger partial charge is 0.439 e. The van der Waals surface area contributed by atoms with E-state index in [0.29, 0.717) is 30.5 Å². The van der Waals surface area contributed by atoms with Gasteiger partial charge in [-0.15, -0.1) is 0 Å². The monoisotopic (exact) mass is 456 g/mol. The van der Waals surface area contributed by atoms with E-state index in [1.807, 2.05) is 0 Å². The third-order valence-corrected chi connectivity index (χ3v) is 5.70. The highest BCUT2D eigenvalue weighted by Crippen LogP contribution is 2.48. The SMILES string of the molecule is O=C(c1cc(-c2ccc(Br)cc2)n[nH]1)N1N=C2CCCC[C@@H]2[C@]1(O)C(F)(F)F. The summed E-state index contributed by atoms with van der Waals surface area (Å²) in [6, 6.07) is 8.43. The Labute approximate surface area is 166 Å². The number of rotatable bonds is 2. The minimum absolute atomic E-state index is 0.131. The van der Waals surface area contributed by atoms with Crippen molar-refractivity contribution in [1.82, 2.24) is 15.2 Å². The second-order valence-corrected chi connectivity index (χ2v) is 7.82. The number of aromatic amines is 1. The Morgan fingerprint density at radius 1 is 1.29 bits per heavy atom. The normalized spacial score (nSPS) is 24.8. The number of alkyl halides is 3. The minimum Gasteiger partial charge on any atom is -0.362 e. The van der Waals surface area contributed by atoms with Gasteiger partial charge in [0.2, 0.25) is 0 Å². The fraction of sp³-hybridized carbons (Fsp3) is 0.389. The maximum absolute atomic E-state index is 13.8. The number of aliphatic hydroxyl groups is 1. The van der Waals surface area contributed by atoms with Gasteiger partial charge in [-0.2, -0.15) is 28.4 Å². The molecule has 1 aromatic heterocycles. The quantitative estimate of drug-likeness (QED) is 0.713. The van der Waals surface area contributed by atoms with Crippen LogP contribution in [0.4, 0.5) is 13.2 Å². The molecular weight excluding hydrogens is 441 g/mol. The van der Waals surface area contributed by atoms with E-state index < -0.39 is 23.7 Å². The van der Waals surface area contributed by atoms with Gasteiger partial charge in [0, 0.05) is 15.7 Å². The molecule has 1 saturated carbocycles. The van der Waals surface area contributed by atoms with Gasteiger partial charge in [-0.1, -0.05) is 34.5 Å². The standard InChI is InChI=1S/C18H16BrF3N4O2/c19-11-7-5-10(6-8-11)14-9-15(24-23-14)16(27)26-17(28,18(20,21)22)12-3-1-2-4-13(12)25-26/h5-9,12,28H,1-4H2,(H,23,24)/t12-,17-/m0/s1. The summed E-state index contributed by atoms with van der Waals surface area (Å²) < 4.78 is 42.3. The molecule has 148 valence electrons. The van der Waals surface area contributed by atoms with Crippen LogP contribution in [0, 0.1) is 5.92 Å². The number of hydrazone groups is 1. The molecule has 0 spiro atoms. The molecular formula is C18H16BrF3N4O2. The summed E-state index contributed by atoms with van der Waals surface area (Å²) in [5, 5.41) is 21.1. The Morgan fingerprint density at radius 2 is 2.00 bits per heavy atom. The number of nitrogens with one attached hydrogen (secondary N) is 1. The van der Waals surface area contributed by atoms with Gasteiger partial charge in [-0.3, -0.25) is 9.89 Å². The highest BCUT2D eigenvalue weighted by Gasteiger charge is 2.68. The molecule has 0 unspecified atom stereocenters. The van der Waals surface area contributed by atoms with Gasteiger partial charge in [0.05, 0.1) is 11.6 Å². The molecule has 1 aromatic carbocycles. The first-order chi connectivity index (χ1) is 13.2. The molecule has 1 fully saturated rings. The number of carbonyl (C=O) groups excluding carboxylic acids is 1. The van der Waals surface area contributed by atoms with Gasteiger partial charge < -0.3 is 5.11 Å². The van der Waals surface area contributed by atoms with Crippen LogP contribution in [0.3, 0.4) is 0 Å². The molecule has 2 aliphatic rings. The third kappa shape index (κ3) is 2.95. The molecule has 0 bridgehead atoms. The van der Waals surface area contributed by atoms with E-state index in [1.54, 1.807) is 24.3 Å². The maximum atomic E-state index is 13.8. The first kappa shape index (κ1) is 19.1. The number of H-pyrrole nitrogens is 1. The van der Waals surface area contributed by atoms with E-state index in [9.17, 15) is 23.1 Å². The van der Waals surface area contributed by atoms with Crippen LogP contribution in [-0.2, 0) is 0 Å². The van der Waals surface area contributed by atoms with E-state index in [0.717, 1.165) is 4.47 Å². The Balaban J connectivity index is 1.68. The van der Waals surface area contributed by atoms with Crippen molar-refractivity contribution in [1.29, 1.82) is 0 Å². The van der Waals surface area contributed by atoms with Crippen molar-refractivity contribution in [3.05, 3.63) is 40.5 Å². The summed E-state index contributed by atoms with van der Waals surface area (Å²) in [7, 11) is 0. The van der Waals surface area contributed by atoms with Crippen molar-refractivity contribution in [3.63, 3.8) is 0 Å². The van der Waals surface area contributed by atoms with E-state index in [4.69, 9.17) is 0 Å². The van der Waals surface area contributed by atoms with Gasteiger partial charge in [0.15, 0.2) is 0 Å². The lowest BCUT2D eigenvalue weighted by Gasteiger charge is -2.37.